The summed E-state index contributed by atoms with van der Waals surface area (Å²) in [6, 6.07) is 0. The minimum absolute atomic E-state index is 0.0491. The summed E-state index contributed by atoms with van der Waals surface area (Å²) in [6.45, 7) is 1.92. The van der Waals surface area contributed by atoms with Crippen LogP contribution in [0.5, 0.6) is 0 Å². The van der Waals surface area contributed by atoms with Crippen molar-refractivity contribution in [3.05, 3.63) is 15.6 Å². The van der Waals surface area contributed by atoms with Gasteiger partial charge in [-0.25, -0.2) is 13.4 Å². The Labute approximate surface area is 104 Å². The van der Waals surface area contributed by atoms with Crippen LogP contribution in [-0.4, -0.2) is 30.7 Å². The Kier molecular flexibility index (Phi) is 4.64. The van der Waals surface area contributed by atoms with Crippen LogP contribution in [0.1, 0.15) is 28.9 Å². The Morgan fingerprint density at radius 3 is 2.59 bits per heavy atom. The fourth-order valence-electron chi connectivity index (χ4n) is 1.41. The number of aliphatic carboxylic acids is 1. The van der Waals surface area contributed by atoms with Gasteiger partial charge in [-0.1, -0.05) is 6.92 Å². The molecular weight excluding hydrogens is 262 g/mol. The molecule has 0 saturated carbocycles. The van der Waals surface area contributed by atoms with Crippen molar-refractivity contribution in [3.63, 3.8) is 0 Å². The molecule has 0 atom stereocenters. The van der Waals surface area contributed by atoms with E-state index in [1.165, 1.54) is 11.3 Å². The number of sulfone groups is 1. The van der Waals surface area contributed by atoms with E-state index in [-0.39, 0.29) is 12.2 Å². The molecule has 0 radical (unpaired) electrons. The minimum atomic E-state index is -3.09. The van der Waals surface area contributed by atoms with Crippen molar-refractivity contribution >= 4 is 27.1 Å². The highest BCUT2D eigenvalue weighted by Gasteiger charge is 2.14. The van der Waals surface area contributed by atoms with Crippen molar-refractivity contribution in [1.82, 2.24) is 4.98 Å². The van der Waals surface area contributed by atoms with E-state index in [0.29, 0.717) is 17.8 Å². The standard InChI is InChI=1S/C10H15NO4S2/c1-3-7-8(4-5-10(12)13)16-9(11-7)6-17(2,14)15/h3-6H2,1-2H3,(H,12,13). The third-order valence-electron chi connectivity index (χ3n) is 2.11. The van der Waals surface area contributed by atoms with Gasteiger partial charge in [0, 0.05) is 11.1 Å². The highest BCUT2D eigenvalue weighted by molar-refractivity contribution is 7.90. The summed E-state index contributed by atoms with van der Waals surface area (Å²) in [7, 11) is -3.09. The molecule has 0 amide bonds. The Hall–Kier alpha value is -0.950. The van der Waals surface area contributed by atoms with E-state index in [1.54, 1.807) is 0 Å². The first kappa shape index (κ1) is 14.1. The lowest BCUT2D eigenvalue weighted by Gasteiger charge is -1.95. The van der Waals surface area contributed by atoms with Crippen LogP contribution in [0.15, 0.2) is 0 Å². The molecule has 0 aliphatic carbocycles. The molecule has 1 aromatic heterocycles. The van der Waals surface area contributed by atoms with Gasteiger partial charge in [0.05, 0.1) is 12.1 Å². The van der Waals surface area contributed by atoms with Crippen molar-refractivity contribution in [2.45, 2.75) is 31.9 Å². The molecule has 0 aliphatic rings. The van der Waals surface area contributed by atoms with Gasteiger partial charge in [-0.3, -0.25) is 4.79 Å². The Morgan fingerprint density at radius 1 is 1.47 bits per heavy atom. The van der Waals surface area contributed by atoms with Gasteiger partial charge in [0.25, 0.3) is 0 Å². The van der Waals surface area contributed by atoms with Crippen LogP contribution in [-0.2, 0) is 33.2 Å². The zero-order valence-corrected chi connectivity index (χ0v) is 11.4. The van der Waals surface area contributed by atoms with E-state index >= 15 is 0 Å². The predicted molar refractivity (Wildman–Crippen MR) is 66.0 cm³/mol. The van der Waals surface area contributed by atoms with Gasteiger partial charge in [0.15, 0.2) is 9.84 Å². The Morgan fingerprint density at radius 2 is 2.12 bits per heavy atom. The maximum absolute atomic E-state index is 11.1. The lowest BCUT2D eigenvalue weighted by atomic mass is 10.2. The third-order valence-corrected chi connectivity index (χ3v) is 4.25. The molecule has 0 fully saturated rings. The number of nitrogens with zero attached hydrogens (tertiary/aromatic N) is 1. The average molecular weight is 277 g/mol. The van der Waals surface area contributed by atoms with Crippen LogP contribution in [0.2, 0.25) is 0 Å². The molecular formula is C10H15NO4S2. The number of thiazole rings is 1. The topological polar surface area (TPSA) is 84.3 Å². The molecule has 0 spiro atoms. The van der Waals surface area contributed by atoms with Crippen LogP contribution in [0.3, 0.4) is 0 Å². The van der Waals surface area contributed by atoms with E-state index in [2.05, 4.69) is 4.98 Å². The lowest BCUT2D eigenvalue weighted by molar-refractivity contribution is -0.136. The lowest BCUT2D eigenvalue weighted by Crippen LogP contribution is -2.00. The third kappa shape index (κ3) is 4.82. The largest absolute Gasteiger partial charge is 0.481 e. The van der Waals surface area contributed by atoms with E-state index in [4.69, 9.17) is 5.11 Å². The van der Waals surface area contributed by atoms with Gasteiger partial charge >= 0.3 is 5.97 Å². The molecule has 7 heteroatoms. The molecule has 0 aromatic carbocycles. The Bertz CT molecular complexity index is 504. The molecule has 0 aliphatic heterocycles. The van der Waals surface area contributed by atoms with Crippen LogP contribution >= 0.6 is 11.3 Å². The van der Waals surface area contributed by atoms with E-state index in [1.807, 2.05) is 6.92 Å². The quantitative estimate of drug-likeness (QED) is 0.846. The fraction of sp³-hybridized carbons (Fsp3) is 0.600. The van der Waals surface area contributed by atoms with Crippen molar-refractivity contribution in [2.24, 2.45) is 0 Å². The molecule has 96 valence electrons. The van der Waals surface area contributed by atoms with Crippen LogP contribution < -0.4 is 0 Å². The van der Waals surface area contributed by atoms with E-state index in [0.717, 1.165) is 16.8 Å². The monoisotopic (exact) mass is 277 g/mol. The van der Waals surface area contributed by atoms with Gasteiger partial charge in [-0.2, -0.15) is 0 Å². The van der Waals surface area contributed by atoms with E-state index in [9.17, 15) is 13.2 Å². The van der Waals surface area contributed by atoms with Crippen molar-refractivity contribution in [2.75, 3.05) is 6.26 Å². The van der Waals surface area contributed by atoms with Gasteiger partial charge < -0.3 is 5.11 Å². The first-order chi connectivity index (χ1) is 7.81. The number of hydrogen-bond acceptors (Lipinski definition) is 5. The fourth-order valence-corrected chi connectivity index (χ4v) is 3.76. The molecule has 1 rings (SSSR count). The first-order valence-electron chi connectivity index (χ1n) is 5.18. The minimum Gasteiger partial charge on any atom is -0.481 e. The summed E-state index contributed by atoms with van der Waals surface area (Å²) in [4.78, 5) is 15.6. The number of carboxylic acids is 1. The van der Waals surface area contributed by atoms with Gasteiger partial charge in [-0.05, 0) is 12.8 Å². The Balaban J connectivity index is 2.86. The number of carboxylic acid groups (broad SMARTS) is 1. The predicted octanol–water partition coefficient (Wildman–Crippen LogP) is 1.27. The molecule has 1 N–H and O–H groups in total. The zero-order chi connectivity index (χ0) is 13.1. The molecule has 0 unspecified atom stereocenters. The molecule has 1 aromatic rings. The average Bonchev–Trinajstić information content (AvgIpc) is 2.54. The van der Waals surface area contributed by atoms with Crippen molar-refractivity contribution in [1.29, 1.82) is 0 Å². The molecule has 0 bridgehead atoms. The van der Waals surface area contributed by atoms with Gasteiger partial charge in [0.1, 0.15) is 10.8 Å². The highest BCUT2D eigenvalue weighted by Crippen LogP contribution is 2.22. The second-order valence-electron chi connectivity index (χ2n) is 3.79. The maximum atomic E-state index is 11.1. The summed E-state index contributed by atoms with van der Waals surface area (Å²) < 4.78 is 22.3. The summed E-state index contributed by atoms with van der Waals surface area (Å²) in [6.07, 6.45) is 2.32. The van der Waals surface area contributed by atoms with Crippen LogP contribution in [0.25, 0.3) is 0 Å². The van der Waals surface area contributed by atoms with E-state index < -0.39 is 15.8 Å². The molecule has 5 nitrogen and oxygen atoms in total. The number of carbonyl (C=O) groups is 1. The first-order valence-corrected chi connectivity index (χ1v) is 8.06. The summed E-state index contributed by atoms with van der Waals surface area (Å²) in [5.41, 5.74) is 0.815. The number of rotatable bonds is 6. The zero-order valence-electron chi connectivity index (χ0n) is 9.76. The number of aryl methyl sites for hydroxylation is 2. The molecule has 17 heavy (non-hydrogen) atoms. The maximum Gasteiger partial charge on any atom is 0.303 e. The summed E-state index contributed by atoms with van der Waals surface area (Å²) in [5.74, 6) is -0.928. The second kappa shape index (κ2) is 5.59. The highest BCUT2D eigenvalue weighted by atomic mass is 32.2. The summed E-state index contributed by atoms with van der Waals surface area (Å²) in [5, 5.41) is 9.17. The molecule has 1 heterocycles. The van der Waals surface area contributed by atoms with Crippen LogP contribution in [0.4, 0.5) is 0 Å². The van der Waals surface area contributed by atoms with Gasteiger partial charge in [-0.15, -0.1) is 11.3 Å². The van der Waals surface area contributed by atoms with Crippen molar-refractivity contribution < 1.29 is 18.3 Å². The number of aromatic nitrogens is 1. The smallest absolute Gasteiger partial charge is 0.303 e. The normalized spacial score (nSPS) is 11.6. The SMILES string of the molecule is CCc1nc(CS(C)(=O)=O)sc1CCC(=O)O. The number of hydrogen-bond donors (Lipinski definition) is 1. The van der Waals surface area contributed by atoms with Gasteiger partial charge in [0.2, 0.25) is 0 Å². The van der Waals surface area contributed by atoms with Crippen LogP contribution in [0, 0.1) is 0 Å². The summed E-state index contributed by atoms with van der Waals surface area (Å²) >= 11 is 1.30. The second-order valence-corrected chi connectivity index (χ2v) is 7.10. The molecule has 0 saturated heterocycles. The van der Waals surface area contributed by atoms with Crippen molar-refractivity contribution in [3.8, 4) is 0 Å².